The van der Waals surface area contributed by atoms with Crippen molar-refractivity contribution in [1.82, 2.24) is 0 Å². The molecule has 0 saturated carbocycles. The summed E-state index contributed by atoms with van der Waals surface area (Å²) in [6.07, 6.45) is 28.7. The van der Waals surface area contributed by atoms with Gasteiger partial charge < -0.3 is 9.84 Å². The zero-order chi connectivity index (χ0) is 25.1. The van der Waals surface area contributed by atoms with Gasteiger partial charge in [0.25, 0.3) is 0 Å². The minimum Gasteiger partial charge on any atom is -0.481 e. The molecule has 34 heavy (non-hydrogen) atoms. The molecular weight excluding hydrogens is 424 g/mol. The average Bonchev–Trinajstić information content (AvgIpc) is 2.80. The van der Waals surface area contributed by atoms with Crippen molar-refractivity contribution in [3.05, 3.63) is 0 Å². The van der Waals surface area contributed by atoms with E-state index in [9.17, 15) is 9.59 Å². The fourth-order valence-electron chi connectivity index (χ4n) is 4.65. The first-order valence-corrected chi connectivity index (χ1v) is 15.0. The maximum Gasteiger partial charge on any atom is 0.306 e. The standard InChI is InChI=1S/C30H58O4/c1-3-5-6-7-8-9-10-14-17-20-23-27-30(33)34-28(24-4-2)25-21-18-15-12-11-13-16-19-22-26-29(31)32/h28H,3-27H2,1-2H3,(H,31,32). The van der Waals surface area contributed by atoms with Gasteiger partial charge in [0.2, 0.25) is 0 Å². The van der Waals surface area contributed by atoms with Crippen LogP contribution in [0.25, 0.3) is 0 Å². The third kappa shape index (κ3) is 25.6. The molecule has 0 spiro atoms. The third-order valence-corrected chi connectivity index (χ3v) is 6.81. The number of hydrogen-bond donors (Lipinski definition) is 1. The first-order chi connectivity index (χ1) is 16.6. The summed E-state index contributed by atoms with van der Waals surface area (Å²) in [4.78, 5) is 22.7. The molecular formula is C30H58O4. The van der Waals surface area contributed by atoms with Crippen molar-refractivity contribution < 1.29 is 19.4 Å². The number of aliphatic carboxylic acids is 1. The van der Waals surface area contributed by atoms with E-state index in [2.05, 4.69) is 13.8 Å². The van der Waals surface area contributed by atoms with Crippen LogP contribution in [-0.2, 0) is 14.3 Å². The van der Waals surface area contributed by atoms with E-state index in [0.29, 0.717) is 12.8 Å². The van der Waals surface area contributed by atoms with Crippen LogP contribution in [0.2, 0.25) is 0 Å². The summed E-state index contributed by atoms with van der Waals surface area (Å²) < 4.78 is 5.80. The number of ether oxygens (including phenoxy) is 1. The van der Waals surface area contributed by atoms with Crippen molar-refractivity contribution in [2.45, 2.75) is 180 Å². The van der Waals surface area contributed by atoms with Crippen molar-refractivity contribution >= 4 is 11.9 Å². The lowest BCUT2D eigenvalue weighted by molar-refractivity contribution is -0.150. The minimum atomic E-state index is -0.679. The lowest BCUT2D eigenvalue weighted by atomic mass is 10.0. The second kappa shape index (κ2) is 26.5. The molecule has 0 aliphatic carbocycles. The van der Waals surface area contributed by atoms with Gasteiger partial charge in [0.1, 0.15) is 6.10 Å². The normalized spacial score (nSPS) is 12.1. The van der Waals surface area contributed by atoms with Crippen LogP contribution in [0.15, 0.2) is 0 Å². The van der Waals surface area contributed by atoms with Gasteiger partial charge in [0, 0.05) is 12.8 Å². The van der Waals surface area contributed by atoms with Crippen LogP contribution in [0.1, 0.15) is 174 Å². The highest BCUT2D eigenvalue weighted by Crippen LogP contribution is 2.17. The number of carbonyl (C=O) groups excluding carboxylic acids is 1. The van der Waals surface area contributed by atoms with Gasteiger partial charge in [0.05, 0.1) is 0 Å². The Bertz CT molecular complexity index is 449. The van der Waals surface area contributed by atoms with Gasteiger partial charge in [-0.3, -0.25) is 9.59 Å². The first kappa shape index (κ1) is 32.9. The summed E-state index contributed by atoms with van der Waals surface area (Å²) in [5.41, 5.74) is 0. The molecule has 4 heteroatoms. The molecule has 0 saturated heterocycles. The predicted octanol–water partition coefficient (Wildman–Crippen LogP) is 9.78. The molecule has 0 rings (SSSR count). The molecule has 0 aromatic heterocycles. The number of esters is 1. The SMILES string of the molecule is CCCCCCCCCCCCCC(=O)OC(CCC)CCCCCCCCCCCC(=O)O. The molecule has 0 aliphatic heterocycles. The Morgan fingerprint density at radius 3 is 1.38 bits per heavy atom. The summed E-state index contributed by atoms with van der Waals surface area (Å²) in [5.74, 6) is -0.668. The van der Waals surface area contributed by atoms with Crippen molar-refractivity contribution in [2.75, 3.05) is 0 Å². The summed E-state index contributed by atoms with van der Waals surface area (Å²) >= 11 is 0. The largest absolute Gasteiger partial charge is 0.481 e. The van der Waals surface area contributed by atoms with Gasteiger partial charge in [0.15, 0.2) is 0 Å². The van der Waals surface area contributed by atoms with Crippen LogP contribution >= 0.6 is 0 Å². The van der Waals surface area contributed by atoms with Crippen LogP contribution in [0.5, 0.6) is 0 Å². The van der Waals surface area contributed by atoms with Gasteiger partial charge >= 0.3 is 11.9 Å². The number of carboxylic acid groups (broad SMARTS) is 1. The number of unbranched alkanes of at least 4 members (excludes halogenated alkanes) is 18. The molecule has 0 heterocycles. The number of carbonyl (C=O) groups is 2. The predicted molar refractivity (Wildman–Crippen MR) is 144 cm³/mol. The maximum absolute atomic E-state index is 12.3. The van der Waals surface area contributed by atoms with E-state index in [1.807, 2.05) is 0 Å². The Labute approximate surface area is 212 Å². The quantitative estimate of drug-likeness (QED) is 0.0934. The lowest BCUT2D eigenvalue weighted by Crippen LogP contribution is -2.18. The molecule has 1 unspecified atom stereocenters. The number of carboxylic acids is 1. The molecule has 0 radical (unpaired) electrons. The van der Waals surface area contributed by atoms with E-state index < -0.39 is 5.97 Å². The van der Waals surface area contributed by atoms with Crippen LogP contribution < -0.4 is 0 Å². The molecule has 1 atom stereocenters. The molecule has 0 bridgehead atoms. The highest BCUT2D eigenvalue weighted by Gasteiger charge is 2.13. The smallest absolute Gasteiger partial charge is 0.306 e. The first-order valence-electron chi connectivity index (χ1n) is 15.0. The highest BCUT2D eigenvalue weighted by atomic mass is 16.5. The van der Waals surface area contributed by atoms with Crippen molar-refractivity contribution in [3.63, 3.8) is 0 Å². The zero-order valence-corrected chi connectivity index (χ0v) is 22.9. The average molecular weight is 483 g/mol. The number of hydrogen-bond acceptors (Lipinski definition) is 3. The Hall–Kier alpha value is -1.06. The van der Waals surface area contributed by atoms with E-state index in [1.165, 1.54) is 89.9 Å². The summed E-state index contributed by atoms with van der Waals surface area (Å²) in [5, 5.41) is 8.64. The van der Waals surface area contributed by atoms with Gasteiger partial charge in [-0.05, 0) is 32.1 Å². The fraction of sp³-hybridized carbons (Fsp3) is 0.933. The number of rotatable bonds is 27. The molecule has 202 valence electrons. The van der Waals surface area contributed by atoms with Gasteiger partial charge in [-0.2, -0.15) is 0 Å². The summed E-state index contributed by atoms with van der Waals surface area (Å²) in [7, 11) is 0. The molecule has 4 nitrogen and oxygen atoms in total. The lowest BCUT2D eigenvalue weighted by Gasteiger charge is -2.17. The van der Waals surface area contributed by atoms with E-state index in [4.69, 9.17) is 9.84 Å². The maximum atomic E-state index is 12.3. The van der Waals surface area contributed by atoms with E-state index >= 15 is 0 Å². The van der Waals surface area contributed by atoms with E-state index in [0.717, 1.165) is 57.8 Å². The van der Waals surface area contributed by atoms with Crippen LogP contribution in [0.3, 0.4) is 0 Å². The second-order valence-electron chi connectivity index (χ2n) is 10.3. The van der Waals surface area contributed by atoms with Crippen molar-refractivity contribution in [2.24, 2.45) is 0 Å². The fourth-order valence-corrected chi connectivity index (χ4v) is 4.65. The molecule has 0 fully saturated rings. The van der Waals surface area contributed by atoms with Gasteiger partial charge in [-0.15, -0.1) is 0 Å². The minimum absolute atomic E-state index is 0.0114. The monoisotopic (exact) mass is 482 g/mol. The van der Waals surface area contributed by atoms with Gasteiger partial charge in [-0.25, -0.2) is 0 Å². The molecule has 0 aromatic carbocycles. The molecule has 1 N–H and O–H groups in total. The third-order valence-electron chi connectivity index (χ3n) is 6.81. The second-order valence-corrected chi connectivity index (χ2v) is 10.3. The molecule has 0 amide bonds. The van der Waals surface area contributed by atoms with Crippen LogP contribution in [0, 0.1) is 0 Å². The van der Waals surface area contributed by atoms with E-state index in [1.54, 1.807) is 0 Å². The van der Waals surface area contributed by atoms with Crippen LogP contribution in [-0.4, -0.2) is 23.1 Å². The Balaban J connectivity index is 3.57. The van der Waals surface area contributed by atoms with E-state index in [-0.39, 0.29) is 12.1 Å². The Kier molecular flexibility index (Phi) is 25.7. The summed E-state index contributed by atoms with van der Waals surface area (Å²) in [6.45, 7) is 4.43. The Morgan fingerprint density at radius 1 is 0.529 bits per heavy atom. The van der Waals surface area contributed by atoms with Crippen molar-refractivity contribution in [1.29, 1.82) is 0 Å². The molecule has 0 aromatic rings. The summed E-state index contributed by atoms with van der Waals surface area (Å²) in [6, 6.07) is 0. The van der Waals surface area contributed by atoms with Crippen LogP contribution in [0.4, 0.5) is 0 Å². The molecule has 0 aliphatic rings. The topological polar surface area (TPSA) is 63.6 Å². The van der Waals surface area contributed by atoms with Crippen molar-refractivity contribution in [3.8, 4) is 0 Å². The van der Waals surface area contributed by atoms with Gasteiger partial charge in [-0.1, -0.05) is 129 Å². The Morgan fingerprint density at radius 2 is 0.941 bits per heavy atom. The highest BCUT2D eigenvalue weighted by molar-refractivity contribution is 5.69. The zero-order valence-electron chi connectivity index (χ0n) is 22.9.